The Hall–Kier alpha value is -1.74. The minimum Gasteiger partial charge on any atom is -0.301 e. The molecule has 2 rings (SSSR count). The summed E-state index contributed by atoms with van der Waals surface area (Å²) in [7, 11) is 0. The number of thioether (sulfide) groups is 1. The number of rotatable bonds is 5. The van der Waals surface area contributed by atoms with E-state index >= 15 is 0 Å². The van der Waals surface area contributed by atoms with Gasteiger partial charge in [0.25, 0.3) is 5.56 Å². The van der Waals surface area contributed by atoms with Crippen molar-refractivity contribution in [2.75, 3.05) is 5.32 Å². The van der Waals surface area contributed by atoms with Gasteiger partial charge in [-0.05, 0) is 13.3 Å². The van der Waals surface area contributed by atoms with E-state index in [0.717, 1.165) is 5.01 Å². The van der Waals surface area contributed by atoms with Crippen LogP contribution in [0.25, 0.3) is 0 Å². The quantitative estimate of drug-likeness (QED) is 0.640. The average Bonchev–Trinajstić information content (AvgIpc) is 2.81. The van der Waals surface area contributed by atoms with Crippen LogP contribution in [0.5, 0.6) is 0 Å². The van der Waals surface area contributed by atoms with E-state index in [1.807, 2.05) is 13.8 Å². The second-order valence-corrected chi connectivity index (χ2v) is 6.24. The van der Waals surface area contributed by atoms with Gasteiger partial charge in [-0.15, -0.1) is 10.2 Å². The van der Waals surface area contributed by atoms with E-state index in [9.17, 15) is 9.59 Å². The topological polar surface area (TPSA) is 101 Å². The van der Waals surface area contributed by atoms with E-state index < -0.39 is 0 Å². The zero-order valence-corrected chi connectivity index (χ0v) is 12.5. The molecular weight excluding hydrogens is 298 g/mol. The molecule has 2 aromatic rings. The Morgan fingerprint density at radius 3 is 2.95 bits per heavy atom. The first-order chi connectivity index (χ1) is 9.58. The normalized spacial score (nSPS) is 12.1. The molecule has 0 saturated carbocycles. The van der Waals surface area contributed by atoms with Crippen molar-refractivity contribution in [2.24, 2.45) is 0 Å². The van der Waals surface area contributed by atoms with Crippen molar-refractivity contribution in [3.63, 3.8) is 0 Å². The van der Waals surface area contributed by atoms with Gasteiger partial charge in [0, 0.05) is 12.3 Å². The number of carbonyl (C=O) groups excluding carboxylic acids is 1. The third-order valence-electron chi connectivity index (χ3n) is 2.32. The number of aryl methyl sites for hydroxylation is 1. The molecule has 0 aromatic carbocycles. The van der Waals surface area contributed by atoms with E-state index in [1.54, 1.807) is 0 Å². The zero-order chi connectivity index (χ0) is 14.5. The fourth-order valence-electron chi connectivity index (χ4n) is 1.40. The lowest BCUT2D eigenvalue weighted by Crippen LogP contribution is -2.25. The Labute approximate surface area is 123 Å². The number of hydrogen-bond acceptors (Lipinski definition) is 7. The molecule has 9 heteroatoms. The summed E-state index contributed by atoms with van der Waals surface area (Å²) in [5.41, 5.74) is -0.238. The Balaban J connectivity index is 2.04. The molecule has 0 aliphatic rings. The summed E-state index contributed by atoms with van der Waals surface area (Å²) in [4.78, 5) is 29.9. The Kier molecular flexibility index (Phi) is 4.85. The van der Waals surface area contributed by atoms with Crippen LogP contribution in [-0.2, 0) is 4.79 Å². The number of nitrogens with zero attached hydrogens (tertiary/aromatic N) is 3. The van der Waals surface area contributed by atoms with Crippen LogP contribution in [0, 0.1) is 6.92 Å². The highest BCUT2D eigenvalue weighted by Crippen LogP contribution is 2.23. The van der Waals surface area contributed by atoms with Crippen molar-refractivity contribution < 1.29 is 4.79 Å². The van der Waals surface area contributed by atoms with E-state index in [2.05, 4.69) is 25.5 Å². The molecule has 20 heavy (non-hydrogen) atoms. The second kappa shape index (κ2) is 6.62. The fourth-order valence-corrected chi connectivity index (χ4v) is 2.88. The maximum Gasteiger partial charge on any atom is 0.251 e. The largest absolute Gasteiger partial charge is 0.301 e. The summed E-state index contributed by atoms with van der Waals surface area (Å²) < 4.78 is 0. The van der Waals surface area contributed by atoms with Crippen molar-refractivity contribution in [1.29, 1.82) is 0 Å². The molecule has 7 nitrogen and oxygen atoms in total. The summed E-state index contributed by atoms with van der Waals surface area (Å²) >= 11 is 2.53. The molecule has 0 bridgehead atoms. The molecule has 0 aliphatic heterocycles. The van der Waals surface area contributed by atoms with E-state index in [0.29, 0.717) is 16.7 Å². The Morgan fingerprint density at radius 1 is 1.55 bits per heavy atom. The predicted octanol–water partition coefficient (Wildman–Crippen LogP) is 1.44. The molecule has 0 saturated heterocycles. The van der Waals surface area contributed by atoms with Crippen LogP contribution in [0.1, 0.15) is 18.4 Å². The number of amides is 1. The number of aromatic amines is 1. The monoisotopic (exact) mass is 311 g/mol. The Bertz CT molecular complexity index is 654. The van der Waals surface area contributed by atoms with Crippen LogP contribution >= 0.6 is 23.1 Å². The fraction of sp³-hybridized carbons (Fsp3) is 0.364. The second-order valence-electron chi connectivity index (χ2n) is 3.87. The van der Waals surface area contributed by atoms with Gasteiger partial charge in [-0.2, -0.15) is 0 Å². The zero-order valence-electron chi connectivity index (χ0n) is 10.9. The molecule has 2 aromatic heterocycles. The molecule has 0 aliphatic carbocycles. The lowest BCUT2D eigenvalue weighted by Gasteiger charge is -2.12. The van der Waals surface area contributed by atoms with Gasteiger partial charge in [0.2, 0.25) is 11.0 Å². The standard InChI is InChI=1S/C11H13N5O2S2/c1-3-7(20-10-12-5-4-8(17)13-10)9(18)14-11-16-15-6(2)19-11/h4-5,7H,3H2,1-2H3,(H,12,13,17)(H,14,16,18). The summed E-state index contributed by atoms with van der Waals surface area (Å²) in [5.74, 6) is -0.180. The highest BCUT2D eigenvalue weighted by molar-refractivity contribution is 8.00. The molecule has 2 heterocycles. The molecule has 1 atom stereocenters. The number of anilines is 1. The molecule has 0 spiro atoms. The van der Waals surface area contributed by atoms with E-state index in [1.165, 1.54) is 35.4 Å². The number of hydrogen-bond donors (Lipinski definition) is 2. The van der Waals surface area contributed by atoms with Gasteiger partial charge < -0.3 is 4.98 Å². The number of carbonyl (C=O) groups is 1. The first kappa shape index (κ1) is 14.7. The maximum atomic E-state index is 12.1. The molecule has 2 N–H and O–H groups in total. The van der Waals surface area contributed by atoms with Crippen LogP contribution in [0.2, 0.25) is 0 Å². The van der Waals surface area contributed by atoms with E-state index in [4.69, 9.17) is 0 Å². The van der Waals surface area contributed by atoms with Crippen molar-refractivity contribution >= 4 is 34.1 Å². The average molecular weight is 311 g/mol. The minimum absolute atomic E-state index is 0.180. The predicted molar refractivity (Wildman–Crippen MR) is 78.1 cm³/mol. The molecule has 0 fully saturated rings. The number of aromatic nitrogens is 4. The first-order valence-corrected chi connectivity index (χ1v) is 7.61. The van der Waals surface area contributed by atoms with Gasteiger partial charge >= 0.3 is 0 Å². The van der Waals surface area contributed by atoms with Gasteiger partial charge in [-0.25, -0.2) is 4.98 Å². The summed E-state index contributed by atoms with van der Waals surface area (Å²) in [5, 5.41) is 11.7. The summed E-state index contributed by atoms with van der Waals surface area (Å²) in [6.07, 6.45) is 2.02. The van der Waals surface area contributed by atoms with Gasteiger partial charge in [-0.3, -0.25) is 14.9 Å². The smallest absolute Gasteiger partial charge is 0.251 e. The van der Waals surface area contributed by atoms with Gasteiger partial charge in [0.15, 0.2) is 5.16 Å². The van der Waals surface area contributed by atoms with Gasteiger partial charge in [0.1, 0.15) is 5.01 Å². The molecule has 1 unspecified atom stereocenters. The van der Waals surface area contributed by atoms with Crippen LogP contribution < -0.4 is 10.9 Å². The Morgan fingerprint density at radius 2 is 2.35 bits per heavy atom. The number of nitrogens with one attached hydrogen (secondary N) is 2. The van der Waals surface area contributed by atoms with Crippen molar-refractivity contribution in [3.05, 3.63) is 27.6 Å². The molecule has 1 amide bonds. The van der Waals surface area contributed by atoms with Crippen LogP contribution in [0.15, 0.2) is 22.2 Å². The van der Waals surface area contributed by atoms with E-state index in [-0.39, 0.29) is 16.7 Å². The molecule has 0 radical (unpaired) electrons. The molecular formula is C11H13N5O2S2. The van der Waals surface area contributed by atoms with Crippen LogP contribution in [0.4, 0.5) is 5.13 Å². The SMILES string of the molecule is CCC(Sc1nccc(=O)[nH]1)C(=O)Nc1nnc(C)s1. The molecule has 106 valence electrons. The summed E-state index contributed by atoms with van der Waals surface area (Å²) in [6.45, 7) is 3.71. The lowest BCUT2D eigenvalue weighted by atomic mass is 10.3. The number of H-pyrrole nitrogens is 1. The minimum atomic E-state index is -0.357. The van der Waals surface area contributed by atoms with Crippen LogP contribution in [0.3, 0.4) is 0 Å². The van der Waals surface area contributed by atoms with Crippen molar-refractivity contribution in [2.45, 2.75) is 30.7 Å². The summed E-state index contributed by atoms with van der Waals surface area (Å²) in [6, 6.07) is 1.33. The highest BCUT2D eigenvalue weighted by atomic mass is 32.2. The first-order valence-electron chi connectivity index (χ1n) is 5.91. The van der Waals surface area contributed by atoms with Gasteiger partial charge in [-0.1, -0.05) is 30.0 Å². The third-order valence-corrected chi connectivity index (χ3v) is 4.34. The highest BCUT2D eigenvalue weighted by Gasteiger charge is 2.20. The van der Waals surface area contributed by atoms with Crippen molar-refractivity contribution in [1.82, 2.24) is 20.2 Å². The lowest BCUT2D eigenvalue weighted by molar-refractivity contribution is -0.115. The third kappa shape index (κ3) is 3.87. The van der Waals surface area contributed by atoms with Crippen molar-refractivity contribution in [3.8, 4) is 0 Å². The maximum absolute atomic E-state index is 12.1. The van der Waals surface area contributed by atoms with Crippen LogP contribution in [-0.4, -0.2) is 31.3 Å². The van der Waals surface area contributed by atoms with Gasteiger partial charge in [0.05, 0.1) is 5.25 Å².